The number of halogens is 3. The molecule has 1 aromatic heterocycles. The van der Waals surface area contributed by atoms with E-state index in [4.69, 9.17) is 0 Å². The number of aliphatic hydroxyl groups excluding tert-OH is 1. The number of carbonyl (C=O) groups is 1. The predicted octanol–water partition coefficient (Wildman–Crippen LogP) is 1.78. The van der Waals surface area contributed by atoms with Gasteiger partial charge in [-0.2, -0.15) is 13.2 Å². The van der Waals surface area contributed by atoms with Crippen LogP contribution in [0.4, 0.5) is 13.2 Å². The Labute approximate surface area is 132 Å². The molecule has 5 nitrogen and oxygen atoms in total. The van der Waals surface area contributed by atoms with Crippen LogP contribution in [0.3, 0.4) is 0 Å². The van der Waals surface area contributed by atoms with Crippen molar-refractivity contribution < 1.29 is 23.1 Å². The summed E-state index contributed by atoms with van der Waals surface area (Å²) in [5.41, 5.74) is -2.93. The van der Waals surface area contributed by atoms with Crippen molar-refractivity contribution in [1.82, 2.24) is 9.88 Å². The van der Waals surface area contributed by atoms with Crippen LogP contribution in [0.15, 0.2) is 23.1 Å². The average Bonchev–Trinajstić information content (AvgIpc) is 2.36. The molecule has 1 amide bonds. The summed E-state index contributed by atoms with van der Waals surface area (Å²) in [6.07, 6.45) is -3.70. The normalized spacial score (nSPS) is 13.7. The van der Waals surface area contributed by atoms with Crippen molar-refractivity contribution in [3.8, 4) is 0 Å². The minimum Gasteiger partial charge on any atom is -0.393 e. The van der Waals surface area contributed by atoms with E-state index < -0.39 is 35.9 Å². The first-order chi connectivity index (χ1) is 10.4. The maximum atomic E-state index is 12.7. The molecular weight excluding hydrogens is 313 g/mol. The Morgan fingerprint density at radius 1 is 1.39 bits per heavy atom. The Hall–Kier alpha value is -1.83. The molecule has 8 heteroatoms. The molecule has 1 heterocycles. The van der Waals surface area contributed by atoms with E-state index in [0.717, 1.165) is 16.8 Å². The topological polar surface area (TPSA) is 71.3 Å². The highest BCUT2D eigenvalue weighted by molar-refractivity contribution is 5.75. The van der Waals surface area contributed by atoms with Crippen LogP contribution < -0.4 is 10.9 Å². The second-order valence-electron chi connectivity index (χ2n) is 6.35. The smallest absolute Gasteiger partial charge is 0.393 e. The monoisotopic (exact) mass is 334 g/mol. The van der Waals surface area contributed by atoms with Crippen molar-refractivity contribution in [2.24, 2.45) is 5.41 Å². The number of aliphatic hydroxyl groups is 1. The summed E-state index contributed by atoms with van der Waals surface area (Å²) in [5, 5.41) is 11.9. The number of nitrogens with zero attached hydrogens (tertiary/aromatic N) is 1. The third kappa shape index (κ3) is 6.05. The molecule has 0 fully saturated rings. The van der Waals surface area contributed by atoms with Gasteiger partial charge in [-0.25, -0.2) is 0 Å². The zero-order chi connectivity index (χ0) is 17.8. The van der Waals surface area contributed by atoms with Gasteiger partial charge in [0, 0.05) is 12.7 Å². The quantitative estimate of drug-likeness (QED) is 0.833. The summed E-state index contributed by atoms with van der Waals surface area (Å²) in [4.78, 5) is 23.6. The van der Waals surface area contributed by atoms with Crippen molar-refractivity contribution in [1.29, 1.82) is 0 Å². The van der Waals surface area contributed by atoms with Gasteiger partial charge in [0.15, 0.2) is 0 Å². The van der Waals surface area contributed by atoms with E-state index in [1.54, 1.807) is 6.92 Å². The van der Waals surface area contributed by atoms with E-state index in [1.165, 1.54) is 0 Å². The molecule has 1 atom stereocenters. The Balaban J connectivity index is 2.74. The molecule has 0 bridgehead atoms. The molecular formula is C15H21F3N2O3. The van der Waals surface area contributed by atoms with Crippen molar-refractivity contribution in [2.75, 3.05) is 6.54 Å². The van der Waals surface area contributed by atoms with E-state index in [0.29, 0.717) is 12.5 Å². The molecule has 2 N–H and O–H groups in total. The summed E-state index contributed by atoms with van der Waals surface area (Å²) >= 11 is 0. The molecule has 0 aliphatic carbocycles. The molecule has 0 aliphatic heterocycles. The second kappa shape index (κ2) is 7.16. The summed E-state index contributed by atoms with van der Waals surface area (Å²) in [6, 6.07) is 1.76. The fraction of sp³-hybridized carbons (Fsp3) is 0.600. The highest BCUT2D eigenvalue weighted by Gasteiger charge is 2.34. The Morgan fingerprint density at radius 3 is 2.52 bits per heavy atom. The minimum absolute atomic E-state index is 0.241. The molecule has 130 valence electrons. The van der Waals surface area contributed by atoms with Crippen LogP contribution in [-0.4, -0.2) is 28.2 Å². The van der Waals surface area contributed by atoms with Gasteiger partial charge in [0.1, 0.15) is 12.1 Å². The van der Waals surface area contributed by atoms with Crippen LogP contribution in [0.1, 0.15) is 32.8 Å². The van der Waals surface area contributed by atoms with Gasteiger partial charge >= 0.3 is 6.18 Å². The number of nitrogens with one attached hydrogen (secondary N) is 1. The van der Waals surface area contributed by atoms with Crippen molar-refractivity contribution in [3.63, 3.8) is 0 Å². The largest absolute Gasteiger partial charge is 0.421 e. The van der Waals surface area contributed by atoms with Gasteiger partial charge < -0.3 is 15.0 Å². The van der Waals surface area contributed by atoms with Gasteiger partial charge in [0.2, 0.25) is 5.91 Å². The SMILES string of the molecule is CC(O)CC(C)(C)CNC(=O)Cn1cccc(C(F)(F)F)c1=O. The third-order valence-corrected chi connectivity index (χ3v) is 3.25. The second-order valence-corrected chi connectivity index (χ2v) is 6.35. The van der Waals surface area contributed by atoms with Gasteiger partial charge in [-0.05, 0) is 30.9 Å². The van der Waals surface area contributed by atoms with Gasteiger partial charge in [0.25, 0.3) is 5.56 Å². The highest BCUT2D eigenvalue weighted by atomic mass is 19.4. The summed E-state index contributed by atoms with van der Waals surface area (Å²) in [6.45, 7) is 5.07. The average molecular weight is 334 g/mol. The lowest BCUT2D eigenvalue weighted by atomic mass is 9.87. The minimum atomic E-state index is -4.75. The standard InChI is InChI=1S/C15H21F3N2O3/c1-10(21)7-14(2,3)9-19-12(22)8-20-6-4-5-11(13(20)23)15(16,17)18/h4-6,10,21H,7-9H2,1-3H3,(H,19,22). The molecule has 0 radical (unpaired) electrons. The number of pyridine rings is 1. The molecule has 1 aromatic rings. The van der Waals surface area contributed by atoms with Crippen molar-refractivity contribution in [2.45, 2.75) is 46.0 Å². The highest BCUT2D eigenvalue weighted by Crippen LogP contribution is 2.26. The molecule has 1 rings (SSSR count). The number of rotatable bonds is 6. The van der Waals surface area contributed by atoms with Gasteiger partial charge in [-0.15, -0.1) is 0 Å². The summed E-state index contributed by atoms with van der Waals surface area (Å²) in [5.74, 6) is -0.565. The molecule has 1 unspecified atom stereocenters. The Bertz CT molecular complexity index is 607. The number of hydrogen-bond donors (Lipinski definition) is 2. The molecule has 0 aromatic carbocycles. The first-order valence-corrected chi connectivity index (χ1v) is 7.14. The van der Waals surface area contributed by atoms with Crippen LogP contribution in [-0.2, 0) is 17.5 Å². The van der Waals surface area contributed by atoms with Crippen LogP contribution in [0.2, 0.25) is 0 Å². The number of aromatic nitrogens is 1. The van der Waals surface area contributed by atoms with Gasteiger partial charge in [-0.3, -0.25) is 9.59 Å². The summed E-state index contributed by atoms with van der Waals surface area (Å²) in [7, 11) is 0. The Kier molecular flexibility index (Phi) is 5.98. The lowest BCUT2D eigenvalue weighted by Crippen LogP contribution is -2.39. The lowest BCUT2D eigenvalue weighted by Gasteiger charge is -2.26. The molecule has 0 spiro atoms. The maximum absolute atomic E-state index is 12.7. The van der Waals surface area contributed by atoms with Gasteiger partial charge in [-0.1, -0.05) is 13.8 Å². The van der Waals surface area contributed by atoms with E-state index >= 15 is 0 Å². The fourth-order valence-corrected chi connectivity index (χ4v) is 2.30. The fourth-order valence-electron chi connectivity index (χ4n) is 2.30. The predicted molar refractivity (Wildman–Crippen MR) is 78.8 cm³/mol. The number of alkyl halides is 3. The first-order valence-electron chi connectivity index (χ1n) is 7.14. The summed E-state index contributed by atoms with van der Waals surface area (Å²) < 4.78 is 38.7. The number of amides is 1. The first kappa shape index (κ1) is 19.2. The third-order valence-electron chi connectivity index (χ3n) is 3.25. The molecule has 0 aliphatic rings. The van der Waals surface area contributed by atoms with Crippen LogP contribution >= 0.6 is 0 Å². The number of carbonyl (C=O) groups excluding carboxylic acids is 1. The van der Waals surface area contributed by atoms with E-state index in [1.807, 2.05) is 13.8 Å². The van der Waals surface area contributed by atoms with E-state index in [2.05, 4.69) is 5.32 Å². The van der Waals surface area contributed by atoms with E-state index in [9.17, 15) is 27.9 Å². The zero-order valence-electron chi connectivity index (χ0n) is 13.3. The molecule has 0 saturated carbocycles. The lowest BCUT2D eigenvalue weighted by molar-refractivity contribution is -0.139. The van der Waals surface area contributed by atoms with Crippen molar-refractivity contribution in [3.05, 3.63) is 34.2 Å². The van der Waals surface area contributed by atoms with Crippen LogP contribution in [0.25, 0.3) is 0 Å². The number of hydrogen-bond acceptors (Lipinski definition) is 3. The zero-order valence-corrected chi connectivity index (χ0v) is 13.3. The maximum Gasteiger partial charge on any atom is 0.421 e. The van der Waals surface area contributed by atoms with Gasteiger partial charge in [0.05, 0.1) is 6.10 Å². The van der Waals surface area contributed by atoms with Crippen molar-refractivity contribution >= 4 is 5.91 Å². The van der Waals surface area contributed by atoms with E-state index in [-0.39, 0.29) is 12.0 Å². The Morgan fingerprint density at radius 2 is 2.00 bits per heavy atom. The van der Waals surface area contributed by atoms with Crippen LogP contribution in [0, 0.1) is 5.41 Å². The molecule has 23 heavy (non-hydrogen) atoms. The molecule has 0 saturated heterocycles. The van der Waals surface area contributed by atoms with Crippen LogP contribution in [0.5, 0.6) is 0 Å².